The molecule has 2 heterocycles. The van der Waals surface area contributed by atoms with E-state index in [2.05, 4.69) is 9.89 Å². The number of alkyl halides is 6. The van der Waals surface area contributed by atoms with Crippen LogP contribution in [-0.2, 0) is 17.4 Å². The molecule has 0 bridgehead atoms. The molecule has 1 unspecified atom stereocenters. The average Bonchev–Trinajstić information content (AvgIpc) is 3.41. The van der Waals surface area contributed by atoms with E-state index in [1.54, 1.807) is 30.3 Å². The van der Waals surface area contributed by atoms with Gasteiger partial charge in [0.25, 0.3) is 5.56 Å². The number of hydrogen-bond donors (Lipinski definition) is 0. The summed E-state index contributed by atoms with van der Waals surface area (Å²) >= 11 is 1.09. The van der Waals surface area contributed by atoms with E-state index in [0.29, 0.717) is 5.56 Å². The predicted octanol–water partition coefficient (Wildman–Crippen LogP) is 8.31. The number of ether oxygens (including phenoxy) is 1. The number of halogens is 8. The maximum atomic E-state index is 15.7. The lowest BCUT2D eigenvalue weighted by molar-refractivity contribution is -0.275. The zero-order valence-corrected chi connectivity index (χ0v) is 24.2. The number of rotatable bonds is 7. The Hall–Kier alpha value is -4.33. The van der Waals surface area contributed by atoms with Gasteiger partial charge in [-0.3, -0.25) is 9.36 Å². The van der Waals surface area contributed by atoms with Crippen LogP contribution < -0.4 is 10.3 Å². The molecule has 5 nitrogen and oxygen atoms in total. The lowest BCUT2D eigenvalue weighted by Crippen LogP contribution is -2.32. The van der Waals surface area contributed by atoms with Crippen molar-refractivity contribution in [2.45, 2.75) is 37.0 Å². The third-order valence-corrected chi connectivity index (χ3v) is 8.44. The molecule has 0 spiro atoms. The van der Waals surface area contributed by atoms with Gasteiger partial charge in [0.05, 0.1) is 22.2 Å². The van der Waals surface area contributed by atoms with Gasteiger partial charge >= 0.3 is 12.5 Å². The van der Waals surface area contributed by atoms with Gasteiger partial charge in [-0.1, -0.05) is 53.7 Å². The van der Waals surface area contributed by atoms with Gasteiger partial charge in [-0.05, 0) is 36.2 Å². The fourth-order valence-electron chi connectivity index (χ4n) is 5.33. The smallest absolute Gasteiger partial charge is 0.403 e. The molecule has 0 saturated heterocycles. The number of aromatic nitrogens is 1. The Kier molecular flexibility index (Phi) is 8.71. The number of hydrogen-bond acceptors (Lipinski definition) is 5. The van der Waals surface area contributed by atoms with Crippen molar-refractivity contribution < 1.29 is 44.7 Å². The summed E-state index contributed by atoms with van der Waals surface area (Å²) in [6.45, 7) is 1.33. The van der Waals surface area contributed by atoms with Crippen LogP contribution in [0.4, 0.5) is 35.1 Å². The van der Waals surface area contributed by atoms with E-state index in [0.717, 1.165) is 48.2 Å². The summed E-state index contributed by atoms with van der Waals surface area (Å²) in [5, 5.41) is 4.27. The molecule has 236 valence electrons. The minimum Gasteiger partial charge on any atom is -0.403 e. The van der Waals surface area contributed by atoms with Gasteiger partial charge in [-0.2, -0.15) is 13.2 Å². The Bertz CT molecular complexity index is 1840. The van der Waals surface area contributed by atoms with Crippen molar-refractivity contribution in [1.82, 2.24) is 4.57 Å². The first-order valence-electron chi connectivity index (χ1n) is 13.2. The molecule has 3 aromatic carbocycles. The van der Waals surface area contributed by atoms with Crippen molar-refractivity contribution in [2.75, 3.05) is 12.9 Å². The molecular weight excluding hydrogens is 632 g/mol. The molecule has 5 rings (SSSR count). The average molecular weight is 655 g/mol. The highest BCUT2D eigenvalue weighted by atomic mass is 32.2. The third kappa shape index (κ3) is 6.28. The lowest BCUT2D eigenvalue weighted by atomic mass is 9.92. The molecule has 0 aliphatic carbocycles. The normalized spacial score (nSPS) is 15.2. The Balaban J connectivity index is 1.82. The monoisotopic (exact) mass is 654 g/mol. The Morgan fingerprint density at radius 1 is 0.956 bits per heavy atom. The zero-order valence-electron chi connectivity index (χ0n) is 23.4. The van der Waals surface area contributed by atoms with E-state index in [1.807, 2.05) is 0 Å². The summed E-state index contributed by atoms with van der Waals surface area (Å²) in [4.78, 5) is 19.3. The second kappa shape index (κ2) is 12.2. The molecule has 1 aliphatic rings. The van der Waals surface area contributed by atoms with Gasteiger partial charge in [-0.15, -0.1) is 24.9 Å². The molecular formula is C31H22F8N2O3S. The van der Waals surface area contributed by atoms with Crippen LogP contribution in [0.25, 0.3) is 11.1 Å². The minimum atomic E-state index is -5.26. The standard InChI is InChI=1S/C31H22F8N2O3S/c1-16-19(14-20-21(30(34,35)36)11-7-12-22(20)32)29-41(23(15-45-29)27(40-43-2)17-8-4-3-5-9-17)28(42)25(16)18-10-6-13-24(26(18)33)44-31(37,38)39/h3-13,23H,14-15H2,1-2H3/b40-27+. The molecule has 0 amide bonds. The van der Waals surface area contributed by atoms with E-state index in [-0.39, 0.29) is 27.6 Å². The van der Waals surface area contributed by atoms with Crippen LogP contribution in [0.5, 0.6) is 5.75 Å². The largest absolute Gasteiger partial charge is 0.573 e. The van der Waals surface area contributed by atoms with Gasteiger partial charge < -0.3 is 9.57 Å². The first kappa shape index (κ1) is 32.1. The van der Waals surface area contributed by atoms with Gasteiger partial charge in [0, 0.05) is 28.9 Å². The topological polar surface area (TPSA) is 52.8 Å². The summed E-state index contributed by atoms with van der Waals surface area (Å²) in [6, 6.07) is 12.9. The van der Waals surface area contributed by atoms with Crippen LogP contribution in [0.2, 0.25) is 0 Å². The molecule has 0 N–H and O–H groups in total. The van der Waals surface area contributed by atoms with Crippen LogP contribution in [0.15, 0.2) is 81.7 Å². The highest BCUT2D eigenvalue weighted by Crippen LogP contribution is 2.43. The number of pyridine rings is 1. The van der Waals surface area contributed by atoms with E-state index in [9.17, 15) is 31.1 Å². The molecule has 1 aliphatic heterocycles. The van der Waals surface area contributed by atoms with Crippen molar-refractivity contribution in [3.8, 4) is 16.9 Å². The first-order valence-corrected chi connectivity index (χ1v) is 14.2. The van der Waals surface area contributed by atoms with E-state index >= 15 is 8.78 Å². The Morgan fingerprint density at radius 2 is 1.64 bits per heavy atom. The number of thioether (sulfide) groups is 1. The molecule has 45 heavy (non-hydrogen) atoms. The SMILES string of the molecule is CO/N=C(\c1ccccc1)C1CSc2c(Cc3c(F)cccc3C(F)(F)F)c(C)c(-c3cccc(OC(F)(F)F)c3F)c(=O)n21. The van der Waals surface area contributed by atoms with Crippen molar-refractivity contribution in [3.63, 3.8) is 0 Å². The van der Waals surface area contributed by atoms with Gasteiger partial charge in [0.2, 0.25) is 0 Å². The summed E-state index contributed by atoms with van der Waals surface area (Å²) in [7, 11) is 1.28. The van der Waals surface area contributed by atoms with Crippen molar-refractivity contribution in [2.24, 2.45) is 5.16 Å². The van der Waals surface area contributed by atoms with Gasteiger partial charge in [0.1, 0.15) is 18.6 Å². The number of benzene rings is 3. The van der Waals surface area contributed by atoms with Crippen LogP contribution in [0, 0.1) is 18.6 Å². The van der Waals surface area contributed by atoms with Crippen molar-refractivity contribution in [1.29, 1.82) is 0 Å². The lowest BCUT2D eigenvalue weighted by Gasteiger charge is -2.22. The summed E-state index contributed by atoms with van der Waals surface area (Å²) in [5.74, 6) is -3.76. The molecule has 1 atom stereocenters. The van der Waals surface area contributed by atoms with Crippen LogP contribution >= 0.6 is 11.8 Å². The molecule has 14 heteroatoms. The third-order valence-electron chi connectivity index (χ3n) is 7.24. The van der Waals surface area contributed by atoms with Crippen molar-refractivity contribution in [3.05, 3.63) is 117 Å². The van der Waals surface area contributed by atoms with Gasteiger partial charge in [0.15, 0.2) is 11.6 Å². The van der Waals surface area contributed by atoms with Crippen LogP contribution in [0.1, 0.15) is 33.9 Å². The second-order valence-corrected chi connectivity index (χ2v) is 10.9. The maximum absolute atomic E-state index is 15.7. The highest BCUT2D eigenvalue weighted by molar-refractivity contribution is 7.99. The Labute approximate surface area is 255 Å². The predicted molar refractivity (Wildman–Crippen MR) is 151 cm³/mol. The van der Waals surface area contributed by atoms with Crippen molar-refractivity contribution >= 4 is 17.5 Å². The fourth-order valence-corrected chi connectivity index (χ4v) is 6.70. The van der Waals surface area contributed by atoms with E-state index in [1.165, 1.54) is 18.6 Å². The fraction of sp³-hybridized carbons (Fsp3) is 0.226. The molecule has 0 fully saturated rings. The summed E-state index contributed by atoms with van der Waals surface area (Å²) in [6.07, 6.45) is -10.9. The van der Waals surface area contributed by atoms with Crippen LogP contribution in [-0.4, -0.2) is 29.5 Å². The number of oxime groups is 1. The second-order valence-electron chi connectivity index (χ2n) is 9.92. The number of nitrogens with zero attached hydrogens (tertiary/aromatic N) is 2. The quantitative estimate of drug-likeness (QED) is 0.114. The minimum absolute atomic E-state index is 0.0382. The molecule has 0 radical (unpaired) electrons. The highest BCUT2D eigenvalue weighted by Gasteiger charge is 2.39. The first-order chi connectivity index (χ1) is 21.2. The maximum Gasteiger partial charge on any atom is 0.573 e. The van der Waals surface area contributed by atoms with Gasteiger partial charge in [-0.25, -0.2) is 8.78 Å². The summed E-state index contributed by atoms with van der Waals surface area (Å²) in [5.41, 5.74) is -3.02. The number of fused-ring (bicyclic) bond motifs is 1. The summed E-state index contributed by atoms with van der Waals surface area (Å²) < 4.78 is 117. The zero-order chi connectivity index (χ0) is 32.7. The molecule has 4 aromatic rings. The van der Waals surface area contributed by atoms with E-state index in [4.69, 9.17) is 4.84 Å². The Morgan fingerprint density at radius 3 is 2.29 bits per heavy atom. The molecule has 0 saturated carbocycles. The molecule has 1 aromatic heterocycles. The van der Waals surface area contributed by atoms with Crippen LogP contribution in [0.3, 0.4) is 0 Å². The van der Waals surface area contributed by atoms with E-state index < -0.39 is 70.2 Å².